The molecule has 1 heteroatoms. The van der Waals surface area contributed by atoms with Crippen molar-refractivity contribution in [3.05, 3.63) is 34.4 Å². The van der Waals surface area contributed by atoms with E-state index in [9.17, 15) is 0 Å². The van der Waals surface area contributed by atoms with E-state index in [1.54, 1.807) is 0 Å². The third-order valence-corrected chi connectivity index (χ3v) is 2.02. The lowest BCUT2D eigenvalue weighted by molar-refractivity contribution is 0.989. The Morgan fingerprint density at radius 2 is 1.55 bits per heavy atom. The highest BCUT2D eigenvalue weighted by molar-refractivity contribution is 5.37. The van der Waals surface area contributed by atoms with Crippen molar-refractivity contribution < 1.29 is 0 Å². The lowest BCUT2D eigenvalue weighted by atomic mass is 10.0. The van der Waals surface area contributed by atoms with Gasteiger partial charge in [-0.15, -0.1) is 0 Å². The first-order chi connectivity index (χ1) is 5.15. The molecule has 0 aliphatic heterocycles. The molecule has 0 atom stereocenters. The molecule has 0 saturated carbocycles. The van der Waals surface area contributed by atoms with Gasteiger partial charge in [0.25, 0.3) is 0 Å². The molecule has 1 nitrogen and oxygen atoms in total. The number of nitrogens with one attached hydrogen (secondary N) is 1. The van der Waals surface area contributed by atoms with Gasteiger partial charge in [-0.3, -0.25) is 5.73 Å². The minimum absolute atomic E-state index is 0.401. The predicted molar refractivity (Wildman–Crippen MR) is 47.5 cm³/mol. The fourth-order valence-electron chi connectivity index (χ4n) is 1.49. The average molecular weight is 148 g/mol. The van der Waals surface area contributed by atoms with Gasteiger partial charge in [-0.2, -0.15) is 0 Å². The zero-order valence-corrected chi connectivity index (χ0v) is 7.36. The molecule has 1 N–H and O–H groups in total. The molecule has 0 spiro atoms. The highest BCUT2D eigenvalue weighted by Gasteiger charge is 2.00. The molecule has 0 fully saturated rings. The van der Waals surface area contributed by atoms with Gasteiger partial charge in [-0.25, -0.2) is 0 Å². The van der Waals surface area contributed by atoms with Crippen molar-refractivity contribution in [2.45, 2.75) is 27.3 Å². The smallest absolute Gasteiger partial charge is 0.0356 e. The molecule has 0 bridgehead atoms. The van der Waals surface area contributed by atoms with E-state index in [0.29, 0.717) is 6.54 Å². The molecule has 1 radical (unpaired) electrons. The molecule has 0 unspecified atom stereocenters. The summed E-state index contributed by atoms with van der Waals surface area (Å²) in [5.74, 6) is 0. The third kappa shape index (κ3) is 1.60. The minimum atomic E-state index is 0.401. The number of aryl methyl sites for hydroxylation is 3. The molecule has 1 aromatic carbocycles. The zero-order valence-electron chi connectivity index (χ0n) is 7.36. The molecule has 0 saturated heterocycles. The molecular weight excluding hydrogens is 134 g/mol. The molecule has 0 amide bonds. The monoisotopic (exact) mass is 148 g/mol. The van der Waals surface area contributed by atoms with Crippen molar-refractivity contribution in [2.24, 2.45) is 0 Å². The van der Waals surface area contributed by atoms with E-state index in [0.717, 1.165) is 0 Å². The lowest BCUT2D eigenvalue weighted by Gasteiger charge is -2.07. The van der Waals surface area contributed by atoms with Crippen LogP contribution in [0.3, 0.4) is 0 Å². The molecular formula is C10H14N. The summed E-state index contributed by atoms with van der Waals surface area (Å²) >= 11 is 0. The topological polar surface area (TPSA) is 23.8 Å². The van der Waals surface area contributed by atoms with Crippen LogP contribution in [0, 0.1) is 20.8 Å². The summed E-state index contributed by atoms with van der Waals surface area (Å²) in [7, 11) is 0. The van der Waals surface area contributed by atoms with Gasteiger partial charge in [0.05, 0.1) is 0 Å². The molecule has 59 valence electrons. The quantitative estimate of drug-likeness (QED) is 0.584. The maximum absolute atomic E-state index is 7.30. The van der Waals surface area contributed by atoms with Crippen molar-refractivity contribution >= 4 is 0 Å². The molecule has 11 heavy (non-hydrogen) atoms. The summed E-state index contributed by atoms with van der Waals surface area (Å²) in [5, 5.41) is 0. The maximum atomic E-state index is 7.30. The average Bonchev–Trinajstić information content (AvgIpc) is 1.85. The van der Waals surface area contributed by atoms with Crippen LogP contribution < -0.4 is 5.73 Å². The summed E-state index contributed by atoms with van der Waals surface area (Å²) < 4.78 is 0. The standard InChI is InChI=1S/C10H14N/c1-7-4-8(2)10(6-11)9(3)5-7/h4-5,11H,6H2,1-3H3. The van der Waals surface area contributed by atoms with Gasteiger partial charge in [-0.1, -0.05) is 17.7 Å². The first kappa shape index (κ1) is 8.28. The van der Waals surface area contributed by atoms with Crippen molar-refractivity contribution in [3.63, 3.8) is 0 Å². The first-order valence-corrected chi connectivity index (χ1v) is 3.86. The van der Waals surface area contributed by atoms with Gasteiger partial charge in [0, 0.05) is 6.54 Å². The number of benzene rings is 1. The van der Waals surface area contributed by atoms with E-state index in [1.165, 1.54) is 22.3 Å². The van der Waals surface area contributed by atoms with Crippen LogP contribution in [0.5, 0.6) is 0 Å². The fourth-order valence-corrected chi connectivity index (χ4v) is 1.49. The lowest BCUT2D eigenvalue weighted by Crippen LogP contribution is -1.94. The van der Waals surface area contributed by atoms with Crippen LogP contribution in [0.15, 0.2) is 12.1 Å². The van der Waals surface area contributed by atoms with Crippen LogP contribution in [-0.4, -0.2) is 0 Å². The highest BCUT2D eigenvalue weighted by Crippen LogP contribution is 2.15. The Hall–Kier alpha value is -0.820. The Morgan fingerprint density at radius 3 is 1.91 bits per heavy atom. The Morgan fingerprint density at radius 1 is 1.09 bits per heavy atom. The maximum Gasteiger partial charge on any atom is 0.0356 e. The van der Waals surface area contributed by atoms with Gasteiger partial charge in [-0.05, 0) is 37.5 Å². The van der Waals surface area contributed by atoms with Gasteiger partial charge in [0.2, 0.25) is 0 Å². The number of hydrogen-bond acceptors (Lipinski definition) is 0. The number of hydrogen-bond donors (Lipinski definition) is 0. The van der Waals surface area contributed by atoms with E-state index in [2.05, 4.69) is 32.9 Å². The van der Waals surface area contributed by atoms with Crippen molar-refractivity contribution in [3.8, 4) is 0 Å². The van der Waals surface area contributed by atoms with Crippen LogP contribution in [0.4, 0.5) is 0 Å². The zero-order chi connectivity index (χ0) is 8.43. The SMILES string of the molecule is Cc1cc(C)c(C[NH])c(C)c1. The van der Waals surface area contributed by atoms with E-state index in [4.69, 9.17) is 5.73 Å². The Kier molecular flexibility index (Phi) is 2.30. The second-order valence-electron chi connectivity index (χ2n) is 3.05. The van der Waals surface area contributed by atoms with Crippen LogP contribution in [0.1, 0.15) is 22.3 Å². The van der Waals surface area contributed by atoms with E-state index >= 15 is 0 Å². The predicted octanol–water partition coefficient (Wildman–Crippen LogP) is 2.39. The van der Waals surface area contributed by atoms with Crippen LogP contribution in [0.2, 0.25) is 0 Å². The highest BCUT2D eigenvalue weighted by atomic mass is 14.5. The second kappa shape index (κ2) is 3.05. The summed E-state index contributed by atoms with van der Waals surface area (Å²) in [5.41, 5.74) is 12.3. The minimum Gasteiger partial charge on any atom is -0.253 e. The van der Waals surface area contributed by atoms with E-state index in [1.807, 2.05) is 0 Å². The molecule has 1 rings (SSSR count). The van der Waals surface area contributed by atoms with Crippen LogP contribution in [-0.2, 0) is 6.54 Å². The molecule has 0 aliphatic carbocycles. The largest absolute Gasteiger partial charge is 0.253 e. The first-order valence-electron chi connectivity index (χ1n) is 3.86. The summed E-state index contributed by atoms with van der Waals surface area (Å²) in [6, 6.07) is 4.27. The molecule has 1 aromatic rings. The fraction of sp³-hybridized carbons (Fsp3) is 0.400. The van der Waals surface area contributed by atoms with Crippen molar-refractivity contribution in [1.82, 2.24) is 5.73 Å². The summed E-state index contributed by atoms with van der Waals surface area (Å²) in [6.45, 7) is 6.64. The van der Waals surface area contributed by atoms with Crippen molar-refractivity contribution in [1.29, 1.82) is 0 Å². The molecule has 0 aromatic heterocycles. The van der Waals surface area contributed by atoms with Gasteiger partial charge in [0.1, 0.15) is 0 Å². The Balaban J connectivity index is 3.25. The van der Waals surface area contributed by atoms with Crippen LogP contribution >= 0.6 is 0 Å². The van der Waals surface area contributed by atoms with Gasteiger partial charge in [0.15, 0.2) is 0 Å². The van der Waals surface area contributed by atoms with E-state index < -0.39 is 0 Å². The summed E-state index contributed by atoms with van der Waals surface area (Å²) in [6.07, 6.45) is 0. The normalized spacial score (nSPS) is 10.2. The molecule has 0 heterocycles. The van der Waals surface area contributed by atoms with Gasteiger partial charge >= 0.3 is 0 Å². The third-order valence-electron chi connectivity index (χ3n) is 2.02. The van der Waals surface area contributed by atoms with Crippen molar-refractivity contribution in [2.75, 3.05) is 0 Å². The second-order valence-corrected chi connectivity index (χ2v) is 3.05. The van der Waals surface area contributed by atoms with E-state index in [-0.39, 0.29) is 0 Å². The Labute approximate surface area is 68.2 Å². The Bertz CT molecular complexity index is 241. The van der Waals surface area contributed by atoms with Gasteiger partial charge < -0.3 is 0 Å². The number of rotatable bonds is 1. The summed E-state index contributed by atoms with van der Waals surface area (Å²) in [4.78, 5) is 0. The molecule has 0 aliphatic rings. The van der Waals surface area contributed by atoms with Crippen LogP contribution in [0.25, 0.3) is 0 Å².